The Bertz CT molecular complexity index is 300. The van der Waals surface area contributed by atoms with Gasteiger partial charge in [-0.1, -0.05) is 18.6 Å². The standard InChI is InChI=1S/C13H22N2O/c1-11-7-3-6-10-15(11)13(12(14)16)8-4-2-5-9-13/h2,4,11H,3,5-10H2,1H3,(H2,14,16)/t11?,13-/m1/s1. The van der Waals surface area contributed by atoms with Gasteiger partial charge in [0.1, 0.15) is 5.54 Å². The van der Waals surface area contributed by atoms with Gasteiger partial charge >= 0.3 is 0 Å². The summed E-state index contributed by atoms with van der Waals surface area (Å²) in [7, 11) is 0. The number of nitrogens with two attached hydrogens (primary N) is 1. The van der Waals surface area contributed by atoms with Crippen LogP contribution in [0.5, 0.6) is 0 Å². The fraction of sp³-hybridized carbons (Fsp3) is 0.769. The van der Waals surface area contributed by atoms with Crippen molar-refractivity contribution in [1.29, 1.82) is 0 Å². The lowest BCUT2D eigenvalue weighted by Gasteiger charge is -2.48. The predicted octanol–water partition coefficient (Wildman–Crippen LogP) is 1.82. The molecule has 0 bridgehead atoms. The molecule has 1 saturated heterocycles. The number of piperidine rings is 1. The van der Waals surface area contributed by atoms with Crippen molar-refractivity contribution in [3.8, 4) is 0 Å². The number of hydrogen-bond acceptors (Lipinski definition) is 2. The van der Waals surface area contributed by atoms with Gasteiger partial charge in [0, 0.05) is 6.04 Å². The monoisotopic (exact) mass is 222 g/mol. The molecule has 0 spiro atoms. The Hall–Kier alpha value is -0.830. The van der Waals surface area contributed by atoms with Crippen LogP contribution in [0.2, 0.25) is 0 Å². The topological polar surface area (TPSA) is 46.3 Å². The Labute approximate surface area is 97.7 Å². The fourth-order valence-electron chi connectivity index (χ4n) is 3.18. The van der Waals surface area contributed by atoms with Gasteiger partial charge in [-0.2, -0.15) is 0 Å². The lowest BCUT2D eigenvalue weighted by molar-refractivity contribution is -0.134. The van der Waals surface area contributed by atoms with Gasteiger partial charge in [-0.15, -0.1) is 0 Å². The Morgan fingerprint density at radius 3 is 2.81 bits per heavy atom. The molecule has 0 aromatic heterocycles. The molecule has 0 aromatic carbocycles. The van der Waals surface area contributed by atoms with Gasteiger partial charge in [0.05, 0.1) is 0 Å². The molecular formula is C13H22N2O. The summed E-state index contributed by atoms with van der Waals surface area (Å²) in [5.41, 5.74) is 5.29. The Kier molecular flexibility index (Phi) is 3.33. The zero-order valence-corrected chi connectivity index (χ0v) is 10.1. The Morgan fingerprint density at radius 1 is 1.44 bits per heavy atom. The van der Waals surface area contributed by atoms with Crippen molar-refractivity contribution < 1.29 is 4.79 Å². The summed E-state index contributed by atoms with van der Waals surface area (Å²) in [4.78, 5) is 14.2. The first-order valence-electron chi connectivity index (χ1n) is 6.38. The second kappa shape index (κ2) is 4.58. The second-order valence-corrected chi connectivity index (χ2v) is 5.15. The van der Waals surface area contributed by atoms with E-state index in [0.29, 0.717) is 6.04 Å². The molecule has 2 atom stereocenters. The highest BCUT2D eigenvalue weighted by Gasteiger charge is 2.44. The summed E-state index contributed by atoms with van der Waals surface area (Å²) in [5.74, 6) is -0.134. The highest BCUT2D eigenvalue weighted by molar-refractivity contribution is 5.85. The van der Waals surface area contributed by atoms with Crippen molar-refractivity contribution in [3.05, 3.63) is 12.2 Å². The van der Waals surface area contributed by atoms with Crippen molar-refractivity contribution in [3.63, 3.8) is 0 Å². The minimum Gasteiger partial charge on any atom is -0.368 e. The molecule has 1 aliphatic heterocycles. The zero-order valence-electron chi connectivity index (χ0n) is 10.1. The quantitative estimate of drug-likeness (QED) is 0.724. The van der Waals surface area contributed by atoms with E-state index in [0.717, 1.165) is 25.8 Å². The van der Waals surface area contributed by atoms with Gasteiger partial charge in [0.25, 0.3) is 0 Å². The largest absolute Gasteiger partial charge is 0.368 e. The van der Waals surface area contributed by atoms with Crippen molar-refractivity contribution in [1.82, 2.24) is 4.90 Å². The van der Waals surface area contributed by atoms with Gasteiger partial charge in [-0.05, 0) is 45.6 Å². The van der Waals surface area contributed by atoms with Crippen LogP contribution in [0.4, 0.5) is 0 Å². The molecule has 2 aliphatic rings. The van der Waals surface area contributed by atoms with E-state index in [2.05, 4.69) is 24.0 Å². The first-order chi connectivity index (χ1) is 7.67. The summed E-state index contributed by atoms with van der Waals surface area (Å²) in [5, 5.41) is 0. The Balaban J connectivity index is 2.24. The van der Waals surface area contributed by atoms with E-state index >= 15 is 0 Å². The number of amides is 1. The van der Waals surface area contributed by atoms with Crippen molar-refractivity contribution in [2.75, 3.05) is 6.54 Å². The SMILES string of the molecule is CC1CCCCN1[C@]1(C(N)=O)CC=CCC1. The lowest BCUT2D eigenvalue weighted by atomic mass is 9.80. The average molecular weight is 222 g/mol. The van der Waals surface area contributed by atoms with Crippen LogP contribution in [0, 0.1) is 0 Å². The predicted molar refractivity (Wildman–Crippen MR) is 64.9 cm³/mol. The molecule has 0 radical (unpaired) electrons. The van der Waals surface area contributed by atoms with Gasteiger partial charge in [0.15, 0.2) is 0 Å². The van der Waals surface area contributed by atoms with Gasteiger partial charge in [-0.25, -0.2) is 0 Å². The highest BCUT2D eigenvalue weighted by atomic mass is 16.1. The number of rotatable bonds is 2. The molecule has 2 N–H and O–H groups in total. The van der Waals surface area contributed by atoms with E-state index in [9.17, 15) is 4.79 Å². The van der Waals surface area contributed by atoms with Crippen LogP contribution in [0.1, 0.15) is 45.4 Å². The van der Waals surface area contributed by atoms with E-state index < -0.39 is 5.54 Å². The number of carbonyl (C=O) groups is 1. The third-order valence-electron chi connectivity index (χ3n) is 4.16. The molecule has 3 nitrogen and oxygen atoms in total. The van der Waals surface area contributed by atoms with Crippen LogP contribution < -0.4 is 5.73 Å². The normalized spacial score (nSPS) is 36.2. The first kappa shape index (κ1) is 11.6. The maximum atomic E-state index is 11.9. The molecule has 1 heterocycles. The van der Waals surface area contributed by atoms with Gasteiger partial charge in [-0.3, -0.25) is 9.69 Å². The van der Waals surface area contributed by atoms with Crippen molar-refractivity contribution in [2.45, 2.75) is 57.0 Å². The van der Waals surface area contributed by atoms with E-state index in [1.54, 1.807) is 0 Å². The molecule has 90 valence electrons. The molecule has 3 heteroatoms. The van der Waals surface area contributed by atoms with E-state index in [1.165, 1.54) is 19.3 Å². The lowest BCUT2D eigenvalue weighted by Crippen LogP contribution is -2.61. The first-order valence-corrected chi connectivity index (χ1v) is 6.38. The number of primary amides is 1. The molecule has 1 amide bonds. The molecule has 16 heavy (non-hydrogen) atoms. The van der Waals surface area contributed by atoms with Gasteiger partial charge < -0.3 is 5.73 Å². The van der Waals surface area contributed by atoms with E-state index in [4.69, 9.17) is 5.73 Å². The molecule has 1 fully saturated rings. The van der Waals surface area contributed by atoms with Crippen LogP contribution in [0.15, 0.2) is 12.2 Å². The van der Waals surface area contributed by atoms with Crippen LogP contribution >= 0.6 is 0 Å². The molecule has 0 saturated carbocycles. The maximum Gasteiger partial charge on any atom is 0.238 e. The molecule has 1 unspecified atom stereocenters. The van der Waals surface area contributed by atoms with Crippen LogP contribution in [-0.4, -0.2) is 28.9 Å². The number of allylic oxidation sites excluding steroid dienone is 1. The maximum absolute atomic E-state index is 11.9. The number of nitrogens with zero attached hydrogens (tertiary/aromatic N) is 1. The molecule has 0 aromatic rings. The van der Waals surface area contributed by atoms with E-state index in [-0.39, 0.29) is 5.91 Å². The minimum atomic E-state index is -0.394. The second-order valence-electron chi connectivity index (χ2n) is 5.15. The summed E-state index contributed by atoms with van der Waals surface area (Å²) in [6.07, 6.45) is 10.6. The van der Waals surface area contributed by atoms with E-state index in [1.807, 2.05) is 0 Å². The average Bonchev–Trinajstić information content (AvgIpc) is 2.30. The summed E-state index contributed by atoms with van der Waals surface area (Å²) in [6, 6.07) is 0.493. The third-order valence-corrected chi connectivity index (χ3v) is 4.16. The minimum absolute atomic E-state index is 0.134. The number of hydrogen-bond donors (Lipinski definition) is 1. The number of carbonyl (C=O) groups excluding carboxylic acids is 1. The van der Waals surface area contributed by atoms with Crippen LogP contribution in [-0.2, 0) is 4.79 Å². The van der Waals surface area contributed by atoms with Crippen LogP contribution in [0.3, 0.4) is 0 Å². The summed E-state index contributed by atoms with van der Waals surface area (Å²) < 4.78 is 0. The van der Waals surface area contributed by atoms with Crippen molar-refractivity contribution in [2.24, 2.45) is 5.73 Å². The number of likely N-dealkylation sites (tertiary alicyclic amines) is 1. The molecule has 2 rings (SSSR count). The smallest absolute Gasteiger partial charge is 0.238 e. The summed E-state index contributed by atoms with van der Waals surface area (Å²) in [6.45, 7) is 3.25. The third kappa shape index (κ3) is 1.88. The summed E-state index contributed by atoms with van der Waals surface area (Å²) >= 11 is 0. The Morgan fingerprint density at radius 2 is 2.25 bits per heavy atom. The molecular weight excluding hydrogens is 200 g/mol. The van der Waals surface area contributed by atoms with Crippen molar-refractivity contribution >= 4 is 5.91 Å². The zero-order chi connectivity index (χ0) is 11.6. The van der Waals surface area contributed by atoms with Crippen LogP contribution in [0.25, 0.3) is 0 Å². The fourth-order valence-corrected chi connectivity index (χ4v) is 3.18. The van der Waals surface area contributed by atoms with Gasteiger partial charge in [0.2, 0.25) is 5.91 Å². The molecule has 1 aliphatic carbocycles. The highest BCUT2D eigenvalue weighted by Crippen LogP contribution is 2.34.